The summed E-state index contributed by atoms with van der Waals surface area (Å²) in [6.07, 6.45) is 5.08. The van der Waals surface area contributed by atoms with Crippen LogP contribution in [0.25, 0.3) is 33.1 Å². The topological polar surface area (TPSA) is 96.7 Å². The van der Waals surface area contributed by atoms with E-state index in [2.05, 4.69) is 25.5 Å². The Morgan fingerprint density at radius 3 is 3.00 bits per heavy atom. The van der Waals surface area contributed by atoms with E-state index >= 15 is 0 Å². The number of nitrogens with zero attached hydrogens (tertiary/aromatic N) is 3. The van der Waals surface area contributed by atoms with Crippen molar-refractivity contribution in [2.45, 2.75) is 6.92 Å². The minimum atomic E-state index is -0.251. The fraction of sp³-hybridized carbons (Fsp3) is 0.0526. The maximum atomic E-state index is 12.6. The number of aromatic nitrogens is 4. The highest BCUT2D eigenvalue weighted by molar-refractivity contribution is 7.09. The lowest BCUT2D eigenvalue weighted by molar-refractivity contribution is 0.102. The van der Waals surface area contributed by atoms with Crippen molar-refractivity contribution in [3.05, 3.63) is 59.0 Å². The van der Waals surface area contributed by atoms with Crippen LogP contribution in [0.15, 0.2) is 52.7 Å². The first kappa shape index (κ1) is 15.7. The zero-order chi connectivity index (χ0) is 18.4. The van der Waals surface area contributed by atoms with Crippen LogP contribution < -0.4 is 5.32 Å². The van der Waals surface area contributed by atoms with Crippen molar-refractivity contribution in [3.63, 3.8) is 0 Å². The predicted octanol–water partition coefficient (Wildman–Crippen LogP) is 4.39. The Balaban J connectivity index is 1.59. The van der Waals surface area contributed by atoms with Crippen molar-refractivity contribution >= 4 is 44.9 Å². The summed E-state index contributed by atoms with van der Waals surface area (Å²) in [5.41, 5.74) is 5.16. The van der Waals surface area contributed by atoms with Gasteiger partial charge in [0.25, 0.3) is 5.91 Å². The fourth-order valence-corrected chi connectivity index (χ4v) is 3.57. The molecule has 0 bridgehead atoms. The van der Waals surface area contributed by atoms with Crippen LogP contribution in [0, 0.1) is 6.92 Å². The number of carbonyl (C=O) groups is 1. The van der Waals surface area contributed by atoms with Gasteiger partial charge in [0.15, 0.2) is 5.58 Å². The fourth-order valence-electron chi connectivity index (χ4n) is 2.98. The van der Waals surface area contributed by atoms with E-state index in [9.17, 15) is 4.79 Å². The van der Waals surface area contributed by atoms with Crippen molar-refractivity contribution in [3.8, 4) is 11.1 Å². The molecule has 0 atom stereocenters. The van der Waals surface area contributed by atoms with Gasteiger partial charge >= 0.3 is 0 Å². The molecule has 5 rings (SSSR count). The number of anilines is 1. The van der Waals surface area contributed by atoms with Crippen molar-refractivity contribution < 1.29 is 9.21 Å². The van der Waals surface area contributed by atoms with Crippen LogP contribution >= 0.6 is 11.3 Å². The zero-order valence-electron chi connectivity index (χ0n) is 14.2. The van der Waals surface area contributed by atoms with Crippen LogP contribution in [0.5, 0.6) is 0 Å². The van der Waals surface area contributed by atoms with E-state index < -0.39 is 0 Å². The molecule has 2 N–H and O–H groups in total. The number of hydrogen-bond acceptors (Lipinski definition) is 6. The lowest BCUT2D eigenvalue weighted by atomic mass is 10.0. The van der Waals surface area contributed by atoms with Crippen molar-refractivity contribution in [1.29, 1.82) is 0 Å². The maximum Gasteiger partial charge on any atom is 0.275 e. The Bertz CT molecular complexity index is 1300. The molecule has 0 spiro atoms. The molecule has 0 unspecified atom stereocenters. The van der Waals surface area contributed by atoms with Gasteiger partial charge in [0.05, 0.1) is 28.7 Å². The molecule has 0 saturated carbocycles. The van der Waals surface area contributed by atoms with Gasteiger partial charge in [0.1, 0.15) is 11.2 Å². The minimum Gasteiger partial charge on any atom is -0.463 e. The number of furan rings is 1. The molecule has 7 nitrogen and oxygen atoms in total. The number of fused-ring (bicyclic) bond motifs is 2. The quantitative estimate of drug-likeness (QED) is 0.487. The number of hydrogen-bond donors (Lipinski definition) is 2. The van der Waals surface area contributed by atoms with E-state index in [0.717, 1.165) is 32.6 Å². The second-order valence-electron chi connectivity index (χ2n) is 6.09. The van der Waals surface area contributed by atoms with E-state index in [-0.39, 0.29) is 5.91 Å². The molecule has 5 aromatic rings. The Hall–Kier alpha value is -3.52. The molecule has 4 heterocycles. The Morgan fingerprint density at radius 1 is 1.22 bits per heavy atom. The second-order valence-corrected chi connectivity index (χ2v) is 7.15. The average Bonchev–Trinajstić information content (AvgIpc) is 3.40. The molecule has 27 heavy (non-hydrogen) atoms. The Kier molecular flexibility index (Phi) is 3.51. The monoisotopic (exact) mass is 375 g/mol. The van der Waals surface area contributed by atoms with Gasteiger partial charge in [0.2, 0.25) is 0 Å². The summed E-state index contributed by atoms with van der Waals surface area (Å²) in [6.45, 7) is 1.87. The highest BCUT2D eigenvalue weighted by Crippen LogP contribution is 2.31. The van der Waals surface area contributed by atoms with Gasteiger partial charge in [-0.25, -0.2) is 4.98 Å². The van der Waals surface area contributed by atoms with Crippen LogP contribution in [0.4, 0.5) is 5.69 Å². The minimum absolute atomic E-state index is 0.251. The lowest BCUT2D eigenvalue weighted by Gasteiger charge is -2.09. The third-order valence-corrected chi connectivity index (χ3v) is 5.07. The number of thiazole rings is 1. The number of aryl methyl sites for hydroxylation is 1. The molecule has 0 radical (unpaired) electrons. The van der Waals surface area contributed by atoms with Crippen LogP contribution in [-0.2, 0) is 0 Å². The summed E-state index contributed by atoms with van der Waals surface area (Å²) in [6, 6.07) is 7.62. The van der Waals surface area contributed by atoms with E-state index in [1.807, 2.05) is 31.2 Å². The number of H-pyrrole nitrogens is 1. The third kappa shape index (κ3) is 2.76. The standard InChI is InChI=1S/C19H13N5O2S/c1-10-22-17(9-27-10)19(25)23-15-4-11(5-16-13(15)8-21-24-16)12-6-18-14(20-7-12)2-3-26-18/h2-9H,1H3,(H,21,24)(H,23,25). The SMILES string of the molecule is Cc1nc(C(=O)Nc2cc(-c3cnc4ccoc4c3)cc3[nH]ncc23)cs1. The Labute approximate surface area is 157 Å². The van der Waals surface area contributed by atoms with E-state index in [1.54, 1.807) is 24.0 Å². The van der Waals surface area contributed by atoms with Gasteiger partial charge in [-0.3, -0.25) is 14.9 Å². The molecular weight excluding hydrogens is 362 g/mol. The van der Waals surface area contributed by atoms with Crippen LogP contribution in [0.2, 0.25) is 0 Å². The molecule has 1 amide bonds. The van der Waals surface area contributed by atoms with E-state index in [0.29, 0.717) is 17.0 Å². The number of carbonyl (C=O) groups excluding carboxylic acids is 1. The summed E-state index contributed by atoms with van der Waals surface area (Å²) >= 11 is 1.44. The third-order valence-electron chi connectivity index (χ3n) is 4.29. The highest BCUT2D eigenvalue weighted by atomic mass is 32.1. The molecule has 0 saturated heterocycles. The summed E-state index contributed by atoms with van der Waals surface area (Å²) in [4.78, 5) is 21.2. The molecule has 0 aliphatic heterocycles. The van der Waals surface area contributed by atoms with Crippen LogP contribution in [0.3, 0.4) is 0 Å². The average molecular weight is 375 g/mol. The number of amides is 1. The smallest absolute Gasteiger partial charge is 0.275 e. The predicted molar refractivity (Wildman–Crippen MR) is 104 cm³/mol. The molecule has 0 aliphatic rings. The Morgan fingerprint density at radius 2 is 2.15 bits per heavy atom. The van der Waals surface area contributed by atoms with Crippen molar-refractivity contribution in [2.75, 3.05) is 5.32 Å². The first-order chi connectivity index (χ1) is 13.2. The van der Waals surface area contributed by atoms with Gasteiger partial charge in [-0.15, -0.1) is 11.3 Å². The number of rotatable bonds is 3. The van der Waals surface area contributed by atoms with Gasteiger partial charge in [-0.1, -0.05) is 0 Å². The van der Waals surface area contributed by atoms with E-state index in [4.69, 9.17) is 4.42 Å². The number of benzene rings is 1. The molecule has 4 aromatic heterocycles. The normalized spacial score (nSPS) is 11.3. The van der Waals surface area contributed by atoms with Gasteiger partial charge in [-0.2, -0.15) is 5.10 Å². The molecule has 0 aliphatic carbocycles. The maximum absolute atomic E-state index is 12.6. The first-order valence-corrected chi connectivity index (χ1v) is 9.09. The highest BCUT2D eigenvalue weighted by Gasteiger charge is 2.14. The number of nitrogens with one attached hydrogen (secondary N) is 2. The van der Waals surface area contributed by atoms with Gasteiger partial charge in [-0.05, 0) is 30.7 Å². The van der Waals surface area contributed by atoms with Crippen molar-refractivity contribution in [2.24, 2.45) is 0 Å². The summed E-state index contributed by atoms with van der Waals surface area (Å²) in [7, 11) is 0. The zero-order valence-corrected chi connectivity index (χ0v) is 15.0. The van der Waals surface area contributed by atoms with Crippen LogP contribution in [0.1, 0.15) is 15.5 Å². The van der Waals surface area contributed by atoms with Gasteiger partial charge in [0, 0.05) is 28.6 Å². The molecule has 132 valence electrons. The van der Waals surface area contributed by atoms with Crippen molar-refractivity contribution in [1.82, 2.24) is 20.2 Å². The molecular formula is C19H13N5O2S. The van der Waals surface area contributed by atoms with E-state index in [1.165, 1.54) is 11.3 Å². The second kappa shape index (κ2) is 6.03. The first-order valence-electron chi connectivity index (χ1n) is 8.21. The largest absolute Gasteiger partial charge is 0.463 e. The molecule has 8 heteroatoms. The lowest BCUT2D eigenvalue weighted by Crippen LogP contribution is -2.12. The molecule has 1 aromatic carbocycles. The number of aromatic amines is 1. The van der Waals surface area contributed by atoms with Gasteiger partial charge < -0.3 is 9.73 Å². The number of pyridine rings is 1. The molecule has 0 fully saturated rings. The summed E-state index contributed by atoms with van der Waals surface area (Å²) in [5, 5.41) is 13.4. The van der Waals surface area contributed by atoms with Crippen LogP contribution in [-0.4, -0.2) is 26.1 Å². The summed E-state index contributed by atoms with van der Waals surface area (Å²) < 4.78 is 5.45. The summed E-state index contributed by atoms with van der Waals surface area (Å²) in [5.74, 6) is -0.251.